The number of thiophene rings is 1. The van der Waals surface area contributed by atoms with Crippen LogP contribution in [0.1, 0.15) is 41.1 Å². The van der Waals surface area contributed by atoms with Crippen LogP contribution in [0.15, 0.2) is 23.4 Å². The highest BCUT2D eigenvalue weighted by molar-refractivity contribution is 8.00. The van der Waals surface area contributed by atoms with Crippen molar-refractivity contribution in [1.29, 1.82) is 0 Å². The third kappa shape index (κ3) is 5.62. The quantitative estimate of drug-likeness (QED) is 0.331. The molecule has 1 amide bonds. The number of nitrogens with zero attached hydrogens (tertiary/aromatic N) is 4. The normalized spacial score (nSPS) is 12.4. The van der Waals surface area contributed by atoms with Gasteiger partial charge in [-0.1, -0.05) is 32.5 Å². The molecule has 0 aliphatic rings. The number of carbonyl (C=O) groups excluding carboxylic acids is 2. The van der Waals surface area contributed by atoms with Crippen LogP contribution in [0.5, 0.6) is 0 Å². The maximum absolute atomic E-state index is 13.1. The van der Waals surface area contributed by atoms with Gasteiger partial charge in [0.25, 0.3) is 0 Å². The zero-order valence-corrected chi connectivity index (χ0v) is 18.8. The molecule has 166 valence electrons. The van der Waals surface area contributed by atoms with Crippen molar-refractivity contribution in [2.75, 3.05) is 5.75 Å². The summed E-state index contributed by atoms with van der Waals surface area (Å²) in [4.78, 5) is 32.9. The van der Waals surface area contributed by atoms with E-state index in [1.165, 1.54) is 22.2 Å². The highest BCUT2D eigenvalue weighted by Gasteiger charge is 2.36. The van der Waals surface area contributed by atoms with Crippen LogP contribution in [0.2, 0.25) is 0 Å². The Balaban J connectivity index is 1.71. The van der Waals surface area contributed by atoms with Gasteiger partial charge in [0.1, 0.15) is 5.03 Å². The van der Waals surface area contributed by atoms with Gasteiger partial charge < -0.3 is 5.32 Å². The summed E-state index contributed by atoms with van der Waals surface area (Å²) in [5.74, 6) is -1.73. The number of aromatic nitrogens is 4. The van der Waals surface area contributed by atoms with Crippen molar-refractivity contribution >= 4 is 45.8 Å². The molecule has 31 heavy (non-hydrogen) atoms. The van der Waals surface area contributed by atoms with E-state index in [4.69, 9.17) is 0 Å². The van der Waals surface area contributed by atoms with Gasteiger partial charge in [0, 0.05) is 23.5 Å². The van der Waals surface area contributed by atoms with Crippen LogP contribution in [0.3, 0.4) is 0 Å². The molecule has 3 rings (SSSR count). The fourth-order valence-electron chi connectivity index (χ4n) is 2.49. The standard InChI is InChI=1S/C19H20F3N5O2S2/c1-18(2,3)17(29)23-7-10-5-6-13(31-10)12(28)9-30-15-11-8-27(4)26-14(11)24-16(25-15)19(20,21)22/h5-6,8H,7,9H2,1-4H3,(H,23,29). The SMILES string of the molecule is Cn1cc2c(SCC(=O)c3ccc(CNC(=O)C(C)(C)C)s3)nc(C(F)(F)F)nc2n1. The maximum Gasteiger partial charge on any atom is 0.451 e. The number of amides is 1. The third-order valence-corrected chi connectivity index (χ3v) is 6.21. The van der Waals surface area contributed by atoms with Crippen molar-refractivity contribution < 1.29 is 22.8 Å². The van der Waals surface area contributed by atoms with Crippen LogP contribution >= 0.6 is 23.1 Å². The summed E-state index contributed by atoms with van der Waals surface area (Å²) >= 11 is 2.15. The first-order valence-electron chi connectivity index (χ1n) is 9.16. The molecule has 0 aromatic carbocycles. The molecule has 7 nitrogen and oxygen atoms in total. The van der Waals surface area contributed by atoms with Gasteiger partial charge in [0.05, 0.1) is 22.6 Å². The lowest BCUT2D eigenvalue weighted by molar-refractivity contribution is -0.145. The van der Waals surface area contributed by atoms with Crippen molar-refractivity contribution in [3.63, 3.8) is 0 Å². The summed E-state index contributed by atoms with van der Waals surface area (Å²) < 4.78 is 40.7. The molecule has 12 heteroatoms. The van der Waals surface area contributed by atoms with Crippen LogP contribution in [0.4, 0.5) is 13.2 Å². The number of thioether (sulfide) groups is 1. The molecule has 3 aromatic rings. The smallest absolute Gasteiger partial charge is 0.351 e. The lowest BCUT2D eigenvalue weighted by Crippen LogP contribution is -2.34. The Morgan fingerprint density at radius 1 is 1.19 bits per heavy atom. The molecule has 0 saturated carbocycles. The van der Waals surface area contributed by atoms with Crippen LogP contribution in [0.25, 0.3) is 11.0 Å². The number of fused-ring (bicyclic) bond motifs is 1. The highest BCUT2D eigenvalue weighted by atomic mass is 32.2. The number of aryl methyl sites for hydroxylation is 1. The topological polar surface area (TPSA) is 89.8 Å². The second-order valence-corrected chi connectivity index (χ2v) is 9.93. The zero-order valence-electron chi connectivity index (χ0n) is 17.2. The van der Waals surface area contributed by atoms with Crippen LogP contribution < -0.4 is 5.32 Å². The van der Waals surface area contributed by atoms with E-state index in [0.717, 1.165) is 16.6 Å². The molecule has 0 atom stereocenters. The fourth-order valence-corrected chi connectivity index (χ4v) is 4.34. The van der Waals surface area contributed by atoms with Crippen molar-refractivity contribution in [2.24, 2.45) is 12.5 Å². The van der Waals surface area contributed by atoms with E-state index in [9.17, 15) is 22.8 Å². The van der Waals surface area contributed by atoms with Crippen molar-refractivity contribution in [3.05, 3.63) is 33.9 Å². The first-order chi connectivity index (χ1) is 14.3. The summed E-state index contributed by atoms with van der Waals surface area (Å²) in [5.41, 5.74) is -0.593. The average molecular weight is 472 g/mol. The van der Waals surface area contributed by atoms with Gasteiger partial charge in [-0.25, -0.2) is 9.97 Å². The maximum atomic E-state index is 13.1. The van der Waals surface area contributed by atoms with E-state index in [1.807, 2.05) is 0 Å². The summed E-state index contributed by atoms with van der Waals surface area (Å²) in [6.45, 7) is 5.72. The third-order valence-electron chi connectivity index (χ3n) is 4.09. The summed E-state index contributed by atoms with van der Waals surface area (Å²) in [5, 5.41) is 7.14. The average Bonchev–Trinajstić information content (AvgIpc) is 3.27. The van der Waals surface area contributed by atoms with E-state index < -0.39 is 17.4 Å². The van der Waals surface area contributed by atoms with Gasteiger partial charge in [-0.15, -0.1) is 11.3 Å². The Morgan fingerprint density at radius 3 is 2.55 bits per heavy atom. The molecule has 0 radical (unpaired) electrons. The molecule has 0 saturated heterocycles. The van der Waals surface area contributed by atoms with Crippen molar-refractivity contribution in [1.82, 2.24) is 25.1 Å². The lowest BCUT2D eigenvalue weighted by atomic mass is 9.96. The van der Waals surface area contributed by atoms with Gasteiger partial charge >= 0.3 is 6.18 Å². The van der Waals surface area contributed by atoms with E-state index in [-0.39, 0.29) is 28.1 Å². The lowest BCUT2D eigenvalue weighted by Gasteiger charge is -2.17. The Labute approximate surface area is 184 Å². The van der Waals surface area contributed by atoms with Crippen molar-refractivity contribution in [3.8, 4) is 0 Å². The van der Waals surface area contributed by atoms with Crippen LogP contribution in [-0.4, -0.2) is 37.2 Å². The predicted octanol–water partition coefficient (Wildman–Crippen LogP) is 4.08. The van der Waals surface area contributed by atoms with Gasteiger partial charge in [0.2, 0.25) is 11.7 Å². The molecule has 3 heterocycles. The molecular weight excluding hydrogens is 451 g/mol. The van der Waals surface area contributed by atoms with E-state index in [1.54, 1.807) is 40.0 Å². The first kappa shape index (κ1) is 23.2. The Morgan fingerprint density at radius 2 is 1.90 bits per heavy atom. The van der Waals surface area contributed by atoms with Gasteiger partial charge in [-0.3, -0.25) is 14.3 Å². The fraction of sp³-hybridized carbons (Fsp3) is 0.421. The monoisotopic (exact) mass is 471 g/mol. The van der Waals surface area contributed by atoms with Gasteiger partial charge in [-0.2, -0.15) is 18.3 Å². The second-order valence-electron chi connectivity index (χ2n) is 7.80. The van der Waals surface area contributed by atoms with Crippen LogP contribution in [-0.2, 0) is 24.6 Å². The second kappa shape index (κ2) is 8.58. The number of halogens is 3. The summed E-state index contributed by atoms with van der Waals surface area (Å²) in [6, 6.07) is 3.39. The number of alkyl halides is 3. The Hall–Kier alpha value is -2.47. The number of hydrogen-bond acceptors (Lipinski definition) is 7. The van der Waals surface area contributed by atoms with Crippen LogP contribution in [0, 0.1) is 5.41 Å². The number of nitrogens with one attached hydrogen (secondary N) is 1. The first-order valence-corrected chi connectivity index (χ1v) is 11.0. The Kier molecular flexibility index (Phi) is 6.42. The number of Topliss-reactive ketones (excluding diaryl/α,β-unsaturated/α-hetero) is 1. The van der Waals surface area contributed by atoms with Gasteiger partial charge in [-0.05, 0) is 12.1 Å². The van der Waals surface area contributed by atoms with E-state index in [0.29, 0.717) is 16.8 Å². The number of hydrogen-bond donors (Lipinski definition) is 1. The number of carbonyl (C=O) groups is 2. The molecule has 1 N–H and O–H groups in total. The molecule has 3 aromatic heterocycles. The molecule has 0 bridgehead atoms. The summed E-state index contributed by atoms with van der Waals surface area (Å²) in [7, 11) is 1.57. The number of ketones is 1. The van der Waals surface area contributed by atoms with Crippen molar-refractivity contribution in [2.45, 2.75) is 38.5 Å². The zero-order chi connectivity index (χ0) is 23.0. The predicted molar refractivity (Wildman–Crippen MR) is 112 cm³/mol. The minimum atomic E-state index is -4.72. The van der Waals surface area contributed by atoms with E-state index >= 15 is 0 Å². The molecular formula is C19H20F3N5O2S2. The minimum absolute atomic E-state index is 0.0491. The van der Waals surface area contributed by atoms with Gasteiger partial charge in [0.15, 0.2) is 11.4 Å². The van der Waals surface area contributed by atoms with E-state index in [2.05, 4.69) is 20.4 Å². The molecule has 0 unspecified atom stereocenters. The molecule has 0 aliphatic carbocycles. The minimum Gasteiger partial charge on any atom is -0.351 e. The highest BCUT2D eigenvalue weighted by Crippen LogP contribution is 2.32. The number of rotatable bonds is 6. The summed E-state index contributed by atoms with van der Waals surface area (Å²) in [6.07, 6.45) is -3.20. The Bertz CT molecular complexity index is 1130. The molecule has 0 fully saturated rings. The molecule has 0 aliphatic heterocycles. The molecule has 0 spiro atoms. The largest absolute Gasteiger partial charge is 0.451 e.